The van der Waals surface area contributed by atoms with Crippen molar-refractivity contribution in [2.45, 2.75) is 58.8 Å². The number of aliphatic hydroxyl groups excluding tert-OH is 1. The molecule has 1 aliphatic carbocycles. The molecule has 0 bridgehead atoms. The van der Waals surface area contributed by atoms with Crippen molar-refractivity contribution >= 4 is 23.5 Å². The normalized spacial score (nSPS) is 21.8. The second-order valence-electron chi connectivity index (χ2n) is 7.10. The van der Waals surface area contributed by atoms with Gasteiger partial charge in [-0.3, -0.25) is 19.2 Å². The number of esters is 2. The fraction of sp³-hybridized carbons (Fsp3) is 0.524. The van der Waals surface area contributed by atoms with Gasteiger partial charge < -0.3 is 14.6 Å². The van der Waals surface area contributed by atoms with Crippen LogP contribution >= 0.6 is 0 Å². The molecule has 0 aromatic carbocycles. The van der Waals surface area contributed by atoms with Crippen LogP contribution in [0.4, 0.5) is 0 Å². The Morgan fingerprint density at radius 2 is 1.57 bits per heavy atom. The number of rotatable bonds is 9. The van der Waals surface area contributed by atoms with E-state index in [-0.39, 0.29) is 11.1 Å². The standard InChI is InChI=1S/C21H28O7/c1-11(2)17(23)14(6)27-20(25)15-9-7-8-10-16(15)21(26)28-19(13(5)22)18(24)12(3)4/h7,9,13-16,19,22H,1,3,8,10H2,2,4-6H3. The zero-order valence-electron chi connectivity index (χ0n) is 16.8. The maximum Gasteiger partial charge on any atom is 0.314 e. The highest BCUT2D eigenvalue weighted by Crippen LogP contribution is 2.28. The molecule has 0 aliphatic heterocycles. The maximum absolute atomic E-state index is 12.6. The van der Waals surface area contributed by atoms with Gasteiger partial charge in [-0.1, -0.05) is 25.3 Å². The lowest BCUT2D eigenvalue weighted by Crippen LogP contribution is -2.42. The quantitative estimate of drug-likeness (QED) is 0.364. The van der Waals surface area contributed by atoms with E-state index in [9.17, 15) is 24.3 Å². The van der Waals surface area contributed by atoms with Gasteiger partial charge in [-0.2, -0.15) is 0 Å². The second-order valence-corrected chi connectivity index (χ2v) is 7.10. The molecule has 5 unspecified atom stereocenters. The molecular formula is C21H28O7. The van der Waals surface area contributed by atoms with Gasteiger partial charge in [0.15, 0.2) is 18.0 Å². The fourth-order valence-corrected chi connectivity index (χ4v) is 2.82. The number of Topliss-reactive ketones (excluding diaryl/α,β-unsaturated/α-hetero) is 2. The smallest absolute Gasteiger partial charge is 0.314 e. The number of aliphatic hydroxyl groups is 1. The number of carbonyl (C=O) groups excluding carboxylic acids is 4. The van der Waals surface area contributed by atoms with Crippen LogP contribution in [-0.2, 0) is 28.7 Å². The lowest BCUT2D eigenvalue weighted by atomic mass is 9.84. The summed E-state index contributed by atoms with van der Waals surface area (Å²) < 4.78 is 10.4. The van der Waals surface area contributed by atoms with Gasteiger partial charge >= 0.3 is 11.9 Å². The van der Waals surface area contributed by atoms with Crippen LogP contribution in [0.5, 0.6) is 0 Å². The first-order chi connectivity index (χ1) is 13.0. The summed E-state index contributed by atoms with van der Waals surface area (Å²) in [6.45, 7) is 12.8. The molecule has 5 atom stereocenters. The number of ketones is 2. The highest BCUT2D eigenvalue weighted by molar-refractivity contribution is 6.00. The first-order valence-electron chi connectivity index (χ1n) is 9.12. The van der Waals surface area contributed by atoms with Crippen LogP contribution < -0.4 is 0 Å². The van der Waals surface area contributed by atoms with Crippen molar-refractivity contribution < 1.29 is 33.8 Å². The Kier molecular flexibility index (Phi) is 8.50. The molecule has 0 spiro atoms. The van der Waals surface area contributed by atoms with Crippen molar-refractivity contribution in [1.29, 1.82) is 0 Å². The third-order valence-corrected chi connectivity index (χ3v) is 4.44. The van der Waals surface area contributed by atoms with E-state index in [1.807, 2.05) is 0 Å². The summed E-state index contributed by atoms with van der Waals surface area (Å²) >= 11 is 0. The summed E-state index contributed by atoms with van der Waals surface area (Å²) in [5.74, 6) is -4.35. The summed E-state index contributed by atoms with van der Waals surface area (Å²) in [6.07, 6.45) is 0.484. The Labute approximate surface area is 165 Å². The summed E-state index contributed by atoms with van der Waals surface area (Å²) in [7, 11) is 0. The van der Waals surface area contributed by atoms with E-state index in [0.29, 0.717) is 12.8 Å². The Hall–Kier alpha value is -2.54. The molecule has 1 rings (SSSR count). The summed E-state index contributed by atoms with van der Waals surface area (Å²) in [4.78, 5) is 49.2. The van der Waals surface area contributed by atoms with E-state index in [2.05, 4.69) is 13.2 Å². The highest BCUT2D eigenvalue weighted by Gasteiger charge is 2.39. The molecular weight excluding hydrogens is 364 g/mol. The van der Waals surface area contributed by atoms with Crippen LogP contribution in [-0.4, -0.2) is 46.9 Å². The maximum atomic E-state index is 12.6. The van der Waals surface area contributed by atoms with Gasteiger partial charge in [0, 0.05) is 0 Å². The molecule has 154 valence electrons. The SMILES string of the molecule is C=C(C)C(=O)C(C)OC(=O)C1C=CCCC1C(=O)OC(C(=O)C(=C)C)C(C)O. The van der Waals surface area contributed by atoms with E-state index < -0.39 is 53.7 Å². The van der Waals surface area contributed by atoms with Gasteiger partial charge in [0.1, 0.15) is 0 Å². The van der Waals surface area contributed by atoms with Gasteiger partial charge in [0.05, 0.1) is 17.9 Å². The van der Waals surface area contributed by atoms with Crippen LogP contribution in [0.2, 0.25) is 0 Å². The van der Waals surface area contributed by atoms with Crippen molar-refractivity contribution in [1.82, 2.24) is 0 Å². The van der Waals surface area contributed by atoms with E-state index in [0.717, 1.165) is 0 Å². The number of hydrogen-bond acceptors (Lipinski definition) is 7. The van der Waals surface area contributed by atoms with E-state index in [1.54, 1.807) is 6.08 Å². The Morgan fingerprint density at radius 1 is 1.00 bits per heavy atom. The lowest BCUT2D eigenvalue weighted by Gasteiger charge is -2.28. The zero-order valence-corrected chi connectivity index (χ0v) is 16.8. The van der Waals surface area contributed by atoms with Crippen molar-refractivity contribution in [3.63, 3.8) is 0 Å². The fourth-order valence-electron chi connectivity index (χ4n) is 2.82. The van der Waals surface area contributed by atoms with Crippen molar-refractivity contribution in [2.24, 2.45) is 11.8 Å². The highest BCUT2D eigenvalue weighted by atomic mass is 16.6. The van der Waals surface area contributed by atoms with Gasteiger partial charge in [0.2, 0.25) is 5.78 Å². The van der Waals surface area contributed by atoms with Crippen LogP contribution in [0, 0.1) is 11.8 Å². The summed E-state index contributed by atoms with van der Waals surface area (Å²) in [5, 5.41) is 9.80. The van der Waals surface area contributed by atoms with Crippen LogP contribution in [0.3, 0.4) is 0 Å². The molecule has 28 heavy (non-hydrogen) atoms. The summed E-state index contributed by atoms with van der Waals surface area (Å²) in [6, 6.07) is 0. The lowest BCUT2D eigenvalue weighted by molar-refractivity contribution is -0.170. The molecule has 0 aromatic heterocycles. The Morgan fingerprint density at radius 3 is 2.07 bits per heavy atom. The number of ether oxygens (including phenoxy) is 2. The number of allylic oxidation sites excluding steroid dienone is 1. The van der Waals surface area contributed by atoms with Gasteiger partial charge in [0.25, 0.3) is 0 Å². The molecule has 1 N–H and O–H groups in total. The molecule has 0 saturated carbocycles. The van der Waals surface area contributed by atoms with Gasteiger partial charge in [-0.15, -0.1) is 0 Å². The minimum Gasteiger partial charge on any atom is -0.454 e. The zero-order chi connectivity index (χ0) is 21.6. The third-order valence-electron chi connectivity index (χ3n) is 4.44. The minimum atomic E-state index is -1.39. The molecule has 0 saturated heterocycles. The molecule has 7 nitrogen and oxygen atoms in total. The molecule has 0 fully saturated rings. The average molecular weight is 392 g/mol. The molecule has 0 amide bonds. The van der Waals surface area contributed by atoms with E-state index >= 15 is 0 Å². The van der Waals surface area contributed by atoms with Crippen molar-refractivity contribution in [3.8, 4) is 0 Å². The Bertz CT molecular complexity index is 702. The minimum absolute atomic E-state index is 0.144. The molecule has 1 aliphatic rings. The van der Waals surface area contributed by atoms with Crippen molar-refractivity contribution in [2.75, 3.05) is 0 Å². The molecule has 7 heteroatoms. The number of carbonyl (C=O) groups is 4. The second kappa shape index (κ2) is 10.1. The molecule has 0 aromatic rings. The molecule has 0 radical (unpaired) electrons. The van der Waals surface area contributed by atoms with Crippen molar-refractivity contribution in [3.05, 3.63) is 36.5 Å². The van der Waals surface area contributed by atoms with Gasteiger partial charge in [-0.25, -0.2) is 0 Å². The summed E-state index contributed by atoms with van der Waals surface area (Å²) in [5.41, 5.74) is 0.402. The monoisotopic (exact) mass is 392 g/mol. The predicted octanol–water partition coefficient (Wildman–Crippen LogP) is 2.08. The largest absolute Gasteiger partial charge is 0.454 e. The first-order valence-corrected chi connectivity index (χ1v) is 9.12. The average Bonchev–Trinajstić information content (AvgIpc) is 2.63. The van der Waals surface area contributed by atoms with Crippen LogP contribution in [0.15, 0.2) is 36.5 Å². The topological polar surface area (TPSA) is 107 Å². The number of hydrogen-bond donors (Lipinski definition) is 1. The Balaban J connectivity index is 2.93. The van der Waals surface area contributed by atoms with Crippen LogP contribution in [0.25, 0.3) is 0 Å². The molecule has 0 heterocycles. The predicted molar refractivity (Wildman–Crippen MR) is 102 cm³/mol. The van der Waals surface area contributed by atoms with E-state index in [4.69, 9.17) is 9.47 Å². The third kappa shape index (κ3) is 5.99. The van der Waals surface area contributed by atoms with Crippen LogP contribution in [0.1, 0.15) is 40.5 Å². The van der Waals surface area contributed by atoms with E-state index in [1.165, 1.54) is 33.8 Å². The first kappa shape index (κ1) is 23.5. The van der Waals surface area contributed by atoms with Gasteiger partial charge in [-0.05, 0) is 51.7 Å².